The molecule has 0 aliphatic carbocycles. The zero-order valence-corrected chi connectivity index (χ0v) is 29.1. The number of benzene rings is 1. The Morgan fingerprint density at radius 3 is 2.36 bits per heavy atom. The van der Waals surface area contributed by atoms with E-state index in [1.807, 2.05) is 11.8 Å². The van der Waals surface area contributed by atoms with Crippen LogP contribution in [0.2, 0.25) is 0 Å². The fraction of sp³-hybridized carbons (Fsp3) is 0.562. The Balaban J connectivity index is 0.00000676. The van der Waals surface area contributed by atoms with E-state index in [1.165, 1.54) is 18.2 Å². The molecule has 4 rings (SSSR count). The second-order valence-electron chi connectivity index (χ2n) is 11.3. The van der Waals surface area contributed by atoms with Crippen molar-refractivity contribution in [2.75, 3.05) is 58.5 Å². The predicted molar refractivity (Wildman–Crippen MR) is 183 cm³/mol. The molecule has 2 aliphatic heterocycles. The standard InChI is InChI=1S/C32H43F3N6O7S.ClH/c33-32(34,35)26-16-21(19-36)17-28(40-26)48-23-5-3-4-22(18-23)30(43)38-9-11-46-13-15-47-14-12-45-10-8-37-27(42)7-2-1-6-25-29-24(20-49-25)39-31(44)41-29;/h3-5,16-18,24-25,29H,1-2,6-15,19-20,36H2,(H,37,42)(H,38,43)(H2,39,41,44);1H/t24-,25-,29-;/m0./s1. The van der Waals surface area contributed by atoms with Crippen molar-refractivity contribution >= 4 is 42.0 Å². The van der Waals surface area contributed by atoms with Crippen LogP contribution in [0.5, 0.6) is 11.6 Å². The Labute approximate surface area is 299 Å². The largest absolute Gasteiger partial charge is 0.439 e. The van der Waals surface area contributed by atoms with Crippen molar-refractivity contribution in [3.05, 3.63) is 53.2 Å². The lowest BCUT2D eigenvalue weighted by molar-refractivity contribution is -0.141. The van der Waals surface area contributed by atoms with Gasteiger partial charge in [-0.25, -0.2) is 9.78 Å². The molecule has 1 aromatic heterocycles. The van der Waals surface area contributed by atoms with Gasteiger partial charge in [0.15, 0.2) is 0 Å². The van der Waals surface area contributed by atoms with Crippen LogP contribution in [0.15, 0.2) is 36.4 Å². The van der Waals surface area contributed by atoms with Gasteiger partial charge in [-0.3, -0.25) is 9.59 Å². The molecule has 0 radical (unpaired) electrons. The first kappa shape index (κ1) is 41.1. The van der Waals surface area contributed by atoms with E-state index < -0.39 is 17.8 Å². The SMILES string of the molecule is Cl.NCc1cc(Oc2cccc(C(=O)NCCOCCOCCOCCNC(=O)CCCC[C@@H]3SC[C@@H]4NC(=O)N[C@@H]43)c2)nc(C(F)(F)F)c1. The molecule has 2 fully saturated rings. The van der Waals surface area contributed by atoms with Gasteiger partial charge in [-0.05, 0) is 42.7 Å². The Morgan fingerprint density at radius 1 is 0.960 bits per heavy atom. The number of nitrogens with one attached hydrogen (secondary N) is 4. The molecule has 2 saturated heterocycles. The maximum atomic E-state index is 13.2. The number of alkyl halides is 3. The molecule has 4 amide bonds. The number of carbonyl (C=O) groups excluding carboxylic acids is 3. The molecule has 13 nitrogen and oxygen atoms in total. The van der Waals surface area contributed by atoms with Gasteiger partial charge in [0.1, 0.15) is 11.4 Å². The Morgan fingerprint density at radius 2 is 1.66 bits per heavy atom. The number of pyridine rings is 1. The van der Waals surface area contributed by atoms with Gasteiger partial charge in [-0.15, -0.1) is 12.4 Å². The normalized spacial score (nSPS) is 18.1. The smallest absolute Gasteiger partial charge is 0.433 e. The highest BCUT2D eigenvalue weighted by Gasteiger charge is 2.42. The number of hydrogen-bond acceptors (Lipinski definition) is 10. The summed E-state index contributed by atoms with van der Waals surface area (Å²) in [7, 11) is 0. The Hall–Kier alpha value is -3.35. The highest BCUT2D eigenvalue weighted by Crippen LogP contribution is 2.33. The number of nitrogens with two attached hydrogens (primary N) is 1. The highest BCUT2D eigenvalue weighted by molar-refractivity contribution is 8.00. The minimum Gasteiger partial charge on any atom is -0.439 e. The predicted octanol–water partition coefficient (Wildman–Crippen LogP) is 3.39. The van der Waals surface area contributed by atoms with Crippen LogP contribution in [0.1, 0.15) is 47.3 Å². The molecule has 18 heteroatoms. The third-order valence-electron chi connectivity index (χ3n) is 7.63. The molecule has 3 heterocycles. The van der Waals surface area contributed by atoms with Gasteiger partial charge in [-0.2, -0.15) is 24.9 Å². The number of urea groups is 1. The van der Waals surface area contributed by atoms with Crippen LogP contribution < -0.4 is 31.7 Å². The van der Waals surface area contributed by atoms with Crippen molar-refractivity contribution in [1.29, 1.82) is 0 Å². The first-order chi connectivity index (χ1) is 23.6. The number of carbonyl (C=O) groups is 3. The third kappa shape index (κ3) is 13.8. The van der Waals surface area contributed by atoms with E-state index in [0.717, 1.165) is 31.1 Å². The van der Waals surface area contributed by atoms with E-state index in [4.69, 9.17) is 24.7 Å². The van der Waals surface area contributed by atoms with Crippen LogP contribution in [0.25, 0.3) is 0 Å². The summed E-state index contributed by atoms with van der Waals surface area (Å²) in [6.45, 7) is 2.55. The maximum Gasteiger partial charge on any atom is 0.433 e. The van der Waals surface area contributed by atoms with Crippen LogP contribution >= 0.6 is 24.2 Å². The summed E-state index contributed by atoms with van der Waals surface area (Å²) in [6, 6.07) is 8.48. The Kier molecular flexibility index (Phi) is 17.3. The molecule has 50 heavy (non-hydrogen) atoms. The molecule has 2 aliphatic rings. The van der Waals surface area contributed by atoms with Gasteiger partial charge in [0.05, 0.1) is 51.7 Å². The van der Waals surface area contributed by atoms with Crippen molar-refractivity contribution in [1.82, 2.24) is 26.3 Å². The number of thioether (sulfide) groups is 1. The monoisotopic (exact) mass is 748 g/mol. The van der Waals surface area contributed by atoms with E-state index in [-0.39, 0.29) is 78.9 Å². The van der Waals surface area contributed by atoms with Crippen LogP contribution in [-0.2, 0) is 31.7 Å². The number of unbranched alkanes of at least 4 members (excludes halogenated alkanes) is 1. The average molecular weight is 749 g/mol. The van der Waals surface area contributed by atoms with Crippen LogP contribution in [-0.4, -0.2) is 98.6 Å². The molecule has 6 N–H and O–H groups in total. The highest BCUT2D eigenvalue weighted by atomic mass is 35.5. The van der Waals surface area contributed by atoms with Crippen molar-refractivity contribution in [2.24, 2.45) is 5.73 Å². The van der Waals surface area contributed by atoms with E-state index in [0.29, 0.717) is 51.2 Å². The molecular formula is C32H44ClF3N6O7S. The van der Waals surface area contributed by atoms with Gasteiger partial charge in [0.2, 0.25) is 11.8 Å². The number of nitrogens with zero attached hydrogens (tertiary/aromatic N) is 1. The quantitative estimate of drug-likeness (QED) is 0.0941. The molecule has 0 spiro atoms. The maximum absolute atomic E-state index is 13.2. The molecule has 1 aromatic carbocycles. The van der Waals surface area contributed by atoms with Crippen molar-refractivity contribution in [3.63, 3.8) is 0 Å². The fourth-order valence-electron chi connectivity index (χ4n) is 5.20. The minimum absolute atomic E-state index is 0. The average Bonchev–Trinajstić information content (AvgIpc) is 3.63. The van der Waals surface area contributed by atoms with E-state index in [1.54, 1.807) is 12.1 Å². The lowest BCUT2D eigenvalue weighted by Gasteiger charge is -2.16. The number of rotatable bonds is 21. The minimum atomic E-state index is -4.66. The van der Waals surface area contributed by atoms with Gasteiger partial charge in [0.25, 0.3) is 5.91 Å². The van der Waals surface area contributed by atoms with Crippen molar-refractivity contribution < 1.29 is 46.5 Å². The number of hydrogen-bond donors (Lipinski definition) is 5. The summed E-state index contributed by atoms with van der Waals surface area (Å²) in [5.74, 6) is 0.382. The summed E-state index contributed by atoms with van der Waals surface area (Å²) in [5.41, 5.74) is 4.84. The lowest BCUT2D eigenvalue weighted by atomic mass is 10.0. The van der Waals surface area contributed by atoms with E-state index in [9.17, 15) is 27.6 Å². The van der Waals surface area contributed by atoms with Crippen LogP contribution in [0, 0.1) is 0 Å². The van der Waals surface area contributed by atoms with Gasteiger partial charge < -0.3 is 45.9 Å². The number of fused-ring (bicyclic) bond motifs is 1. The lowest BCUT2D eigenvalue weighted by Crippen LogP contribution is -2.36. The van der Waals surface area contributed by atoms with Crippen molar-refractivity contribution in [2.45, 2.75) is 55.7 Å². The fourth-order valence-corrected chi connectivity index (χ4v) is 6.75. The van der Waals surface area contributed by atoms with Gasteiger partial charge in [0, 0.05) is 48.7 Å². The Bertz CT molecular complexity index is 1400. The van der Waals surface area contributed by atoms with Gasteiger partial charge in [-0.1, -0.05) is 12.5 Å². The number of halogens is 4. The van der Waals surface area contributed by atoms with Crippen LogP contribution in [0.3, 0.4) is 0 Å². The summed E-state index contributed by atoms with van der Waals surface area (Å²) in [6.07, 6.45) is -1.48. The second-order valence-corrected chi connectivity index (χ2v) is 12.6. The van der Waals surface area contributed by atoms with Gasteiger partial charge >= 0.3 is 12.2 Å². The molecule has 0 unspecified atom stereocenters. The van der Waals surface area contributed by atoms with E-state index >= 15 is 0 Å². The van der Waals surface area contributed by atoms with Crippen LogP contribution in [0.4, 0.5) is 18.0 Å². The molecular weight excluding hydrogens is 705 g/mol. The van der Waals surface area contributed by atoms with E-state index in [2.05, 4.69) is 26.3 Å². The topological polar surface area (TPSA) is 175 Å². The summed E-state index contributed by atoms with van der Waals surface area (Å²) >= 11 is 1.88. The summed E-state index contributed by atoms with van der Waals surface area (Å²) in [4.78, 5) is 39.5. The van der Waals surface area contributed by atoms with Crippen molar-refractivity contribution in [3.8, 4) is 11.6 Å². The molecule has 278 valence electrons. The molecule has 0 bridgehead atoms. The third-order valence-corrected chi connectivity index (χ3v) is 9.14. The zero-order valence-electron chi connectivity index (χ0n) is 27.4. The number of ether oxygens (including phenoxy) is 4. The molecule has 2 aromatic rings. The first-order valence-corrected chi connectivity index (χ1v) is 17.2. The molecule has 0 saturated carbocycles. The number of aromatic nitrogens is 1. The second kappa shape index (κ2) is 21.1. The zero-order chi connectivity index (χ0) is 35.1. The first-order valence-electron chi connectivity index (χ1n) is 16.2. The summed E-state index contributed by atoms with van der Waals surface area (Å²) < 4.78 is 61.4. The molecule has 3 atom stereocenters. The summed E-state index contributed by atoms with van der Waals surface area (Å²) in [5, 5.41) is 11.9. The number of amides is 4.